The molecule has 0 saturated heterocycles. The molecule has 5 heteroatoms. The van der Waals surface area contributed by atoms with Crippen LogP contribution in [-0.4, -0.2) is 0 Å². The Hall–Kier alpha value is -0.800. The van der Waals surface area contributed by atoms with Crippen LogP contribution in [0.5, 0.6) is 0 Å². The molecule has 1 atom stereocenters. The van der Waals surface area contributed by atoms with Crippen LogP contribution in [0.2, 0.25) is 15.1 Å². The van der Waals surface area contributed by atoms with E-state index in [-0.39, 0.29) is 11.1 Å². The number of hydrogen-bond donors (Lipinski definition) is 1. The van der Waals surface area contributed by atoms with Crippen molar-refractivity contribution >= 4 is 34.8 Å². The van der Waals surface area contributed by atoms with E-state index in [4.69, 9.17) is 34.8 Å². The summed E-state index contributed by atoms with van der Waals surface area (Å²) in [7, 11) is 0. The molecule has 0 radical (unpaired) electrons. The van der Waals surface area contributed by atoms with E-state index in [1.165, 1.54) is 6.07 Å². The molecular formula is C15H13Cl3FN. The van der Waals surface area contributed by atoms with Crippen LogP contribution in [0.3, 0.4) is 0 Å². The fourth-order valence-electron chi connectivity index (χ4n) is 1.88. The van der Waals surface area contributed by atoms with Crippen LogP contribution in [-0.2, 0) is 6.54 Å². The van der Waals surface area contributed by atoms with Crippen molar-refractivity contribution in [2.45, 2.75) is 19.5 Å². The van der Waals surface area contributed by atoms with E-state index < -0.39 is 5.82 Å². The molecular weight excluding hydrogens is 320 g/mol. The van der Waals surface area contributed by atoms with Crippen molar-refractivity contribution < 1.29 is 4.39 Å². The lowest BCUT2D eigenvalue weighted by atomic mass is 10.1. The highest BCUT2D eigenvalue weighted by molar-refractivity contribution is 6.35. The third kappa shape index (κ3) is 3.86. The van der Waals surface area contributed by atoms with E-state index in [9.17, 15) is 4.39 Å². The van der Waals surface area contributed by atoms with Crippen LogP contribution >= 0.6 is 34.8 Å². The maximum atomic E-state index is 13.1. The van der Waals surface area contributed by atoms with E-state index >= 15 is 0 Å². The van der Waals surface area contributed by atoms with Gasteiger partial charge in [-0.3, -0.25) is 0 Å². The summed E-state index contributed by atoms with van der Waals surface area (Å²) in [6.07, 6.45) is 0. The topological polar surface area (TPSA) is 12.0 Å². The van der Waals surface area contributed by atoms with Crippen molar-refractivity contribution in [1.82, 2.24) is 5.32 Å². The molecule has 2 aromatic carbocycles. The van der Waals surface area contributed by atoms with E-state index in [2.05, 4.69) is 5.32 Å². The molecule has 0 aliphatic carbocycles. The normalized spacial score (nSPS) is 12.4. The largest absolute Gasteiger partial charge is 0.306 e. The van der Waals surface area contributed by atoms with Gasteiger partial charge in [0.05, 0.1) is 5.02 Å². The molecule has 1 N–H and O–H groups in total. The molecule has 2 rings (SSSR count). The fourth-order valence-corrected chi connectivity index (χ4v) is 2.66. The van der Waals surface area contributed by atoms with Gasteiger partial charge in [-0.2, -0.15) is 0 Å². The summed E-state index contributed by atoms with van der Waals surface area (Å²) in [5, 5.41) is 4.67. The first kappa shape index (κ1) is 15.6. The first-order valence-corrected chi connectivity index (χ1v) is 7.23. The van der Waals surface area contributed by atoms with E-state index in [0.29, 0.717) is 16.6 Å². The second-order valence-corrected chi connectivity index (χ2v) is 5.77. The number of nitrogens with one attached hydrogen (secondary N) is 1. The predicted molar refractivity (Wildman–Crippen MR) is 83.1 cm³/mol. The van der Waals surface area contributed by atoms with Gasteiger partial charge in [0.1, 0.15) is 5.82 Å². The van der Waals surface area contributed by atoms with E-state index in [1.807, 2.05) is 13.0 Å². The van der Waals surface area contributed by atoms with Crippen LogP contribution < -0.4 is 5.32 Å². The Kier molecular flexibility index (Phi) is 5.28. The van der Waals surface area contributed by atoms with Crippen LogP contribution in [0.25, 0.3) is 0 Å². The highest BCUT2D eigenvalue weighted by Gasteiger charge is 2.10. The Morgan fingerprint density at radius 3 is 2.45 bits per heavy atom. The lowest BCUT2D eigenvalue weighted by Crippen LogP contribution is -2.18. The standard InChI is InChI=1S/C15H13Cl3FN/c1-9(12-4-3-11(16)7-13(12)17)20-8-10-2-5-15(19)14(18)6-10/h2-7,9,20H,8H2,1H3. The fraction of sp³-hybridized carbons (Fsp3) is 0.200. The molecule has 0 heterocycles. The highest BCUT2D eigenvalue weighted by Crippen LogP contribution is 2.26. The minimum absolute atomic E-state index is 0.0450. The molecule has 20 heavy (non-hydrogen) atoms. The first-order chi connectivity index (χ1) is 9.47. The molecule has 2 aromatic rings. The predicted octanol–water partition coefficient (Wildman–Crippen LogP) is 5.64. The Morgan fingerprint density at radius 2 is 1.80 bits per heavy atom. The van der Waals surface area contributed by atoms with Gasteiger partial charge in [-0.05, 0) is 42.3 Å². The molecule has 1 nitrogen and oxygen atoms in total. The summed E-state index contributed by atoms with van der Waals surface area (Å²) in [5.74, 6) is -0.413. The molecule has 0 bridgehead atoms. The lowest BCUT2D eigenvalue weighted by Gasteiger charge is -2.16. The Balaban J connectivity index is 2.04. The SMILES string of the molecule is CC(NCc1ccc(F)c(Cl)c1)c1ccc(Cl)cc1Cl. The van der Waals surface area contributed by atoms with Gasteiger partial charge in [-0.15, -0.1) is 0 Å². The summed E-state index contributed by atoms with van der Waals surface area (Å²) >= 11 is 17.8. The van der Waals surface area contributed by atoms with Gasteiger partial charge < -0.3 is 5.32 Å². The van der Waals surface area contributed by atoms with Gasteiger partial charge in [0.2, 0.25) is 0 Å². The van der Waals surface area contributed by atoms with Crippen molar-refractivity contribution in [2.24, 2.45) is 0 Å². The first-order valence-electron chi connectivity index (χ1n) is 6.09. The van der Waals surface area contributed by atoms with Crippen molar-refractivity contribution in [1.29, 1.82) is 0 Å². The molecule has 0 aliphatic rings. The maximum absolute atomic E-state index is 13.1. The average Bonchev–Trinajstić information content (AvgIpc) is 2.40. The molecule has 0 fully saturated rings. The summed E-state index contributed by atoms with van der Waals surface area (Å²) in [6.45, 7) is 2.57. The van der Waals surface area contributed by atoms with Gasteiger partial charge in [-0.25, -0.2) is 4.39 Å². The molecule has 0 amide bonds. The third-order valence-electron chi connectivity index (χ3n) is 3.03. The van der Waals surface area contributed by atoms with Crippen LogP contribution in [0, 0.1) is 5.82 Å². The summed E-state index contributed by atoms with van der Waals surface area (Å²) in [4.78, 5) is 0. The summed E-state index contributed by atoms with van der Waals surface area (Å²) in [5.41, 5.74) is 1.87. The zero-order chi connectivity index (χ0) is 14.7. The molecule has 0 spiro atoms. The average molecular weight is 333 g/mol. The van der Waals surface area contributed by atoms with Crippen LogP contribution in [0.4, 0.5) is 4.39 Å². The minimum atomic E-state index is -0.413. The van der Waals surface area contributed by atoms with Gasteiger partial charge in [-0.1, -0.05) is 46.9 Å². The Bertz CT molecular complexity index is 616. The smallest absolute Gasteiger partial charge is 0.141 e. The maximum Gasteiger partial charge on any atom is 0.141 e. The molecule has 0 aliphatic heterocycles. The molecule has 0 saturated carbocycles. The second-order valence-electron chi connectivity index (χ2n) is 4.52. The lowest BCUT2D eigenvalue weighted by molar-refractivity contribution is 0.573. The minimum Gasteiger partial charge on any atom is -0.306 e. The highest BCUT2D eigenvalue weighted by atomic mass is 35.5. The molecule has 106 valence electrons. The third-order valence-corrected chi connectivity index (χ3v) is 3.88. The van der Waals surface area contributed by atoms with Crippen molar-refractivity contribution in [3.05, 3.63) is 68.4 Å². The van der Waals surface area contributed by atoms with Crippen LogP contribution in [0.1, 0.15) is 24.1 Å². The number of halogens is 4. The number of rotatable bonds is 4. The molecule has 0 aromatic heterocycles. The second kappa shape index (κ2) is 6.77. The zero-order valence-corrected chi connectivity index (χ0v) is 13.0. The van der Waals surface area contributed by atoms with Crippen LogP contribution in [0.15, 0.2) is 36.4 Å². The zero-order valence-electron chi connectivity index (χ0n) is 10.8. The summed E-state index contributed by atoms with van der Waals surface area (Å²) < 4.78 is 13.1. The summed E-state index contributed by atoms with van der Waals surface area (Å²) in [6, 6.07) is 10.1. The molecule has 1 unspecified atom stereocenters. The van der Waals surface area contributed by atoms with Gasteiger partial charge in [0.25, 0.3) is 0 Å². The quantitative estimate of drug-likeness (QED) is 0.764. The van der Waals surface area contributed by atoms with Crippen molar-refractivity contribution in [3.8, 4) is 0 Å². The van der Waals surface area contributed by atoms with Gasteiger partial charge in [0.15, 0.2) is 0 Å². The van der Waals surface area contributed by atoms with Gasteiger partial charge >= 0.3 is 0 Å². The van der Waals surface area contributed by atoms with E-state index in [0.717, 1.165) is 11.1 Å². The van der Waals surface area contributed by atoms with Crippen molar-refractivity contribution in [3.63, 3.8) is 0 Å². The van der Waals surface area contributed by atoms with E-state index in [1.54, 1.807) is 24.3 Å². The monoisotopic (exact) mass is 331 g/mol. The number of benzene rings is 2. The van der Waals surface area contributed by atoms with Gasteiger partial charge in [0, 0.05) is 22.6 Å². The number of hydrogen-bond acceptors (Lipinski definition) is 1. The van der Waals surface area contributed by atoms with Crippen molar-refractivity contribution in [2.75, 3.05) is 0 Å². The Labute approximate surface area is 132 Å². The Morgan fingerprint density at radius 1 is 1.05 bits per heavy atom.